The van der Waals surface area contributed by atoms with Gasteiger partial charge in [0.1, 0.15) is 5.82 Å². The van der Waals surface area contributed by atoms with Gasteiger partial charge in [-0.25, -0.2) is 4.39 Å². The third-order valence-electron chi connectivity index (χ3n) is 3.23. The quantitative estimate of drug-likeness (QED) is 0.835. The van der Waals surface area contributed by atoms with Crippen LogP contribution in [0.5, 0.6) is 0 Å². The van der Waals surface area contributed by atoms with Gasteiger partial charge in [0.05, 0.1) is 5.33 Å². The van der Waals surface area contributed by atoms with Gasteiger partial charge in [0, 0.05) is 18.5 Å². The Balaban J connectivity index is 2.14. The number of alkyl halides is 1. The van der Waals surface area contributed by atoms with Crippen molar-refractivity contribution < 1.29 is 9.18 Å². The average molecular weight is 315 g/mol. The van der Waals surface area contributed by atoms with Gasteiger partial charge >= 0.3 is 0 Å². The van der Waals surface area contributed by atoms with E-state index >= 15 is 0 Å². The molecule has 0 aliphatic carbocycles. The number of benzene rings is 1. The molecule has 0 radical (unpaired) electrons. The lowest BCUT2D eigenvalue weighted by molar-refractivity contribution is -0.119. The summed E-state index contributed by atoms with van der Waals surface area (Å²) < 4.78 is 13.3. The van der Waals surface area contributed by atoms with Crippen molar-refractivity contribution in [3.8, 4) is 0 Å². The number of hydrogen-bond donors (Lipinski definition) is 2. The molecule has 2 rings (SSSR count). The topological polar surface area (TPSA) is 41.1 Å². The molecule has 0 spiro atoms. The zero-order chi connectivity index (χ0) is 13.0. The molecule has 2 atom stereocenters. The fraction of sp³-hybridized carbons (Fsp3) is 0.462. The Bertz CT molecular complexity index is 427. The number of nitrogens with one attached hydrogen (secondary N) is 2. The Kier molecular flexibility index (Phi) is 4.72. The first kappa shape index (κ1) is 13.5. The molecular formula is C13H16BrFN2O. The molecule has 98 valence electrons. The minimum atomic E-state index is -0.225. The van der Waals surface area contributed by atoms with Gasteiger partial charge in [-0.15, -0.1) is 0 Å². The van der Waals surface area contributed by atoms with Crippen LogP contribution in [0.4, 0.5) is 4.39 Å². The lowest BCUT2D eigenvalue weighted by Gasteiger charge is -2.33. The van der Waals surface area contributed by atoms with E-state index in [0.717, 1.165) is 25.1 Å². The molecule has 0 saturated carbocycles. The van der Waals surface area contributed by atoms with Crippen molar-refractivity contribution in [1.29, 1.82) is 0 Å². The molecule has 3 nitrogen and oxygen atoms in total. The first-order valence-electron chi connectivity index (χ1n) is 6.02. The van der Waals surface area contributed by atoms with Crippen LogP contribution in [0.2, 0.25) is 0 Å². The highest BCUT2D eigenvalue weighted by atomic mass is 79.9. The summed E-state index contributed by atoms with van der Waals surface area (Å²) in [5.41, 5.74) is 0.955. The van der Waals surface area contributed by atoms with Crippen LogP contribution in [0.25, 0.3) is 0 Å². The summed E-state index contributed by atoms with van der Waals surface area (Å²) in [5, 5.41) is 6.51. The van der Waals surface area contributed by atoms with Gasteiger partial charge in [-0.3, -0.25) is 4.79 Å². The molecule has 18 heavy (non-hydrogen) atoms. The van der Waals surface area contributed by atoms with Gasteiger partial charge in [-0.05, 0) is 30.7 Å². The maximum Gasteiger partial charge on any atom is 0.230 e. The van der Waals surface area contributed by atoms with Crippen molar-refractivity contribution in [2.75, 3.05) is 18.4 Å². The molecule has 1 heterocycles. The molecule has 1 fully saturated rings. The molecule has 1 saturated heterocycles. The normalized spacial score (nSPS) is 23.7. The highest BCUT2D eigenvalue weighted by Gasteiger charge is 2.27. The van der Waals surface area contributed by atoms with E-state index in [0.29, 0.717) is 5.33 Å². The zero-order valence-electron chi connectivity index (χ0n) is 9.96. The van der Waals surface area contributed by atoms with Gasteiger partial charge in [0.25, 0.3) is 0 Å². The Labute approximate surface area is 114 Å². The number of carbonyl (C=O) groups excluding carboxylic acids is 1. The number of amides is 1. The highest BCUT2D eigenvalue weighted by molar-refractivity contribution is 9.09. The minimum absolute atomic E-state index is 0.0191. The second kappa shape index (κ2) is 6.29. The number of hydrogen-bond acceptors (Lipinski definition) is 2. The second-order valence-corrected chi connectivity index (χ2v) is 5.02. The zero-order valence-corrected chi connectivity index (χ0v) is 11.5. The fourth-order valence-corrected chi connectivity index (χ4v) is 2.55. The number of piperidine rings is 1. The van der Waals surface area contributed by atoms with Gasteiger partial charge in [-0.2, -0.15) is 0 Å². The van der Waals surface area contributed by atoms with E-state index in [1.165, 1.54) is 6.07 Å². The molecule has 2 N–H and O–H groups in total. The summed E-state index contributed by atoms with van der Waals surface area (Å²) in [7, 11) is 0. The monoisotopic (exact) mass is 314 g/mol. The summed E-state index contributed by atoms with van der Waals surface area (Å²) in [5.74, 6) is -0.0911. The number of carbonyl (C=O) groups is 1. The molecule has 5 heteroatoms. The molecule has 1 aliphatic heterocycles. The molecular weight excluding hydrogens is 299 g/mol. The van der Waals surface area contributed by atoms with Crippen molar-refractivity contribution in [3.05, 3.63) is 35.6 Å². The van der Waals surface area contributed by atoms with Crippen molar-refractivity contribution in [1.82, 2.24) is 10.6 Å². The third-order valence-corrected chi connectivity index (χ3v) is 3.74. The van der Waals surface area contributed by atoms with Gasteiger partial charge in [0.15, 0.2) is 0 Å². The van der Waals surface area contributed by atoms with Gasteiger partial charge in [-0.1, -0.05) is 28.1 Å². The fourth-order valence-electron chi connectivity index (χ4n) is 2.39. The number of halogens is 2. The van der Waals surface area contributed by atoms with Crippen LogP contribution in [0.15, 0.2) is 24.3 Å². The molecule has 1 aliphatic rings. The maximum atomic E-state index is 13.3. The van der Waals surface area contributed by atoms with E-state index in [1.807, 2.05) is 6.07 Å². The summed E-state index contributed by atoms with van der Waals surface area (Å²) in [6.45, 7) is 1.61. The first-order valence-corrected chi connectivity index (χ1v) is 7.14. The molecule has 0 bridgehead atoms. The second-order valence-electron chi connectivity index (χ2n) is 4.46. The Morgan fingerprint density at radius 1 is 1.56 bits per heavy atom. The minimum Gasteiger partial charge on any atom is -0.351 e. The molecule has 1 aromatic rings. The van der Waals surface area contributed by atoms with E-state index in [1.54, 1.807) is 12.1 Å². The highest BCUT2D eigenvalue weighted by Crippen LogP contribution is 2.26. The summed E-state index contributed by atoms with van der Waals surface area (Å²) in [6, 6.07) is 6.66. The smallest absolute Gasteiger partial charge is 0.230 e. The summed E-state index contributed by atoms with van der Waals surface area (Å²) in [4.78, 5) is 11.5. The third kappa shape index (κ3) is 3.29. The van der Waals surface area contributed by atoms with E-state index in [2.05, 4.69) is 26.6 Å². The van der Waals surface area contributed by atoms with E-state index in [4.69, 9.17) is 0 Å². The number of rotatable bonds is 3. The summed E-state index contributed by atoms with van der Waals surface area (Å²) in [6.07, 6.45) is 0.899. The van der Waals surface area contributed by atoms with Crippen LogP contribution in [0, 0.1) is 5.82 Å². The van der Waals surface area contributed by atoms with Gasteiger partial charge in [0.2, 0.25) is 5.91 Å². The lowest BCUT2D eigenvalue weighted by atomic mass is 9.86. The van der Waals surface area contributed by atoms with E-state index < -0.39 is 0 Å². The predicted octanol–water partition coefficient (Wildman–Crippen LogP) is 1.78. The predicted molar refractivity (Wildman–Crippen MR) is 72.4 cm³/mol. The van der Waals surface area contributed by atoms with Crippen LogP contribution >= 0.6 is 15.9 Å². The van der Waals surface area contributed by atoms with Crippen LogP contribution < -0.4 is 10.6 Å². The van der Waals surface area contributed by atoms with Crippen LogP contribution in [-0.2, 0) is 4.79 Å². The maximum absolute atomic E-state index is 13.3. The van der Waals surface area contributed by atoms with Crippen molar-refractivity contribution in [2.45, 2.75) is 18.4 Å². The lowest BCUT2D eigenvalue weighted by Crippen LogP contribution is -2.50. The first-order chi connectivity index (χ1) is 8.70. The molecule has 0 aromatic heterocycles. The SMILES string of the molecule is O=C(CBr)NC1CNCCC1c1cccc(F)c1. The van der Waals surface area contributed by atoms with Crippen molar-refractivity contribution in [3.63, 3.8) is 0 Å². The van der Waals surface area contributed by atoms with Crippen molar-refractivity contribution in [2.24, 2.45) is 0 Å². The summed E-state index contributed by atoms with van der Waals surface area (Å²) >= 11 is 3.14. The van der Waals surface area contributed by atoms with Crippen LogP contribution in [0.3, 0.4) is 0 Å². The van der Waals surface area contributed by atoms with E-state index in [9.17, 15) is 9.18 Å². The standard InChI is InChI=1S/C13H16BrFN2O/c14-7-13(18)17-12-8-16-5-4-11(12)9-2-1-3-10(15)6-9/h1-3,6,11-12,16H,4-5,7-8H2,(H,17,18). The van der Waals surface area contributed by atoms with E-state index in [-0.39, 0.29) is 23.7 Å². The Morgan fingerprint density at radius 2 is 2.39 bits per heavy atom. The van der Waals surface area contributed by atoms with Crippen LogP contribution in [-0.4, -0.2) is 30.4 Å². The van der Waals surface area contributed by atoms with Crippen molar-refractivity contribution >= 4 is 21.8 Å². The van der Waals surface area contributed by atoms with Crippen LogP contribution in [0.1, 0.15) is 17.9 Å². The average Bonchev–Trinajstić information content (AvgIpc) is 2.39. The molecule has 2 unspecified atom stereocenters. The van der Waals surface area contributed by atoms with Gasteiger partial charge < -0.3 is 10.6 Å². The largest absolute Gasteiger partial charge is 0.351 e. The molecule has 1 amide bonds. The Hall–Kier alpha value is -0.940. The Morgan fingerprint density at radius 3 is 3.11 bits per heavy atom. The molecule has 1 aromatic carbocycles.